The average molecular weight is 527 g/mol. The van der Waals surface area contributed by atoms with E-state index in [9.17, 15) is 28.3 Å². The van der Waals surface area contributed by atoms with E-state index in [1.54, 1.807) is 18.2 Å². The summed E-state index contributed by atoms with van der Waals surface area (Å²) in [4.78, 5) is 0. The van der Waals surface area contributed by atoms with Crippen LogP contribution < -0.4 is 4.74 Å². The normalized spacial score (nSPS) is 14.4. The lowest BCUT2D eigenvalue weighted by atomic mass is 10.0. The zero-order valence-corrected chi connectivity index (χ0v) is 21.4. The van der Waals surface area contributed by atoms with E-state index in [1.807, 2.05) is 54.6 Å². The van der Waals surface area contributed by atoms with Crippen molar-refractivity contribution in [2.24, 2.45) is 0 Å². The quantitative estimate of drug-likeness (QED) is 0.169. The van der Waals surface area contributed by atoms with Crippen LogP contribution in [0.3, 0.4) is 0 Å². The Balaban J connectivity index is 1.58. The highest BCUT2D eigenvalue weighted by molar-refractivity contribution is 7.86. The molecule has 3 aromatic carbocycles. The number of phenols is 1. The van der Waals surface area contributed by atoms with Crippen LogP contribution in [-0.4, -0.2) is 40.1 Å². The molecular weight excluding hydrogens is 492 g/mol. The summed E-state index contributed by atoms with van der Waals surface area (Å²) in [5.41, 5.74) is 2.49. The summed E-state index contributed by atoms with van der Waals surface area (Å²) in [6.45, 7) is 0.0888. The molecule has 0 fully saturated rings. The van der Waals surface area contributed by atoms with E-state index in [0.29, 0.717) is 30.6 Å². The van der Waals surface area contributed by atoms with Crippen molar-refractivity contribution < 1.29 is 33.0 Å². The number of hydrogen-bond donors (Lipinski definition) is 4. The van der Waals surface area contributed by atoms with Crippen LogP contribution in [-0.2, 0) is 16.5 Å². The van der Waals surface area contributed by atoms with Gasteiger partial charge in [0.25, 0.3) is 10.1 Å². The number of ether oxygens (including phenoxy) is 1. The molecule has 0 heterocycles. The van der Waals surface area contributed by atoms with Crippen LogP contribution in [0.25, 0.3) is 0 Å². The molecule has 0 amide bonds. The molecular formula is C29H34O7S. The molecule has 0 aliphatic carbocycles. The fourth-order valence-electron chi connectivity index (χ4n) is 3.99. The molecule has 198 valence electrons. The van der Waals surface area contributed by atoms with Crippen LogP contribution in [0.2, 0.25) is 0 Å². The molecule has 0 aliphatic heterocycles. The third kappa shape index (κ3) is 9.33. The van der Waals surface area contributed by atoms with Gasteiger partial charge in [-0.1, -0.05) is 66.7 Å². The Bertz CT molecular complexity index is 1210. The molecule has 0 spiro atoms. The van der Waals surface area contributed by atoms with Crippen LogP contribution >= 0.6 is 0 Å². The number of hydrogen-bond acceptors (Lipinski definition) is 6. The van der Waals surface area contributed by atoms with Crippen molar-refractivity contribution >= 4 is 10.1 Å². The number of rotatable bonds is 14. The summed E-state index contributed by atoms with van der Waals surface area (Å²) < 4.78 is 39.7. The van der Waals surface area contributed by atoms with Crippen LogP contribution in [0, 0.1) is 0 Å². The van der Waals surface area contributed by atoms with Crippen LogP contribution in [0.5, 0.6) is 11.5 Å². The molecule has 0 bridgehead atoms. The Labute approximate surface area is 218 Å². The molecule has 0 radical (unpaired) electrons. The van der Waals surface area contributed by atoms with E-state index >= 15 is 0 Å². The largest absolute Gasteiger partial charge is 0.508 e. The molecule has 7 nitrogen and oxygen atoms in total. The highest BCUT2D eigenvalue weighted by Crippen LogP contribution is 2.27. The van der Waals surface area contributed by atoms with Crippen LogP contribution in [0.15, 0.2) is 91.0 Å². The van der Waals surface area contributed by atoms with Crippen molar-refractivity contribution in [2.75, 3.05) is 6.61 Å². The first-order valence-electron chi connectivity index (χ1n) is 12.3. The lowest BCUT2D eigenvalue weighted by Crippen LogP contribution is -2.20. The molecule has 3 rings (SSSR count). The lowest BCUT2D eigenvalue weighted by molar-refractivity contribution is 0.175. The van der Waals surface area contributed by atoms with Gasteiger partial charge in [-0.15, -0.1) is 0 Å². The van der Waals surface area contributed by atoms with Gasteiger partial charge in [0.1, 0.15) is 17.6 Å². The summed E-state index contributed by atoms with van der Waals surface area (Å²) in [6, 6.07) is 23.3. The van der Waals surface area contributed by atoms with Crippen LogP contribution in [0.4, 0.5) is 0 Å². The molecule has 0 aromatic heterocycles. The Morgan fingerprint density at radius 2 is 1.54 bits per heavy atom. The van der Waals surface area contributed by atoms with Crippen molar-refractivity contribution in [3.05, 3.63) is 108 Å². The molecule has 0 unspecified atom stereocenters. The topological polar surface area (TPSA) is 124 Å². The van der Waals surface area contributed by atoms with Crippen molar-refractivity contribution in [3.8, 4) is 11.5 Å². The van der Waals surface area contributed by atoms with Gasteiger partial charge in [0, 0.05) is 6.61 Å². The van der Waals surface area contributed by atoms with E-state index in [-0.39, 0.29) is 31.3 Å². The fourth-order valence-corrected chi connectivity index (χ4v) is 4.76. The molecule has 37 heavy (non-hydrogen) atoms. The van der Waals surface area contributed by atoms with Gasteiger partial charge in [0.05, 0.1) is 11.4 Å². The molecule has 4 N–H and O–H groups in total. The number of allylic oxidation sites excluding steroid dienone is 1. The van der Waals surface area contributed by atoms with Crippen molar-refractivity contribution in [1.82, 2.24) is 0 Å². The maximum atomic E-state index is 11.9. The van der Waals surface area contributed by atoms with Gasteiger partial charge >= 0.3 is 0 Å². The maximum absolute atomic E-state index is 11.9. The van der Waals surface area contributed by atoms with Gasteiger partial charge in [0.15, 0.2) is 0 Å². The Morgan fingerprint density at radius 1 is 0.865 bits per heavy atom. The van der Waals surface area contributed by atoms with E-state index in [1.165, 1.54) is 18.2 Å². The molecule has 0 saturated carbocycles. The smallest absolute Gasteiger partial charge is 0.268 e. The molecule has 3 atom stereocenters. The summed E-state index contributed by atoms with van der Waals surface area (Å²) in [7, 11) is -4.28. The summed E-state index contributed by atoms with van der Waals surface area (Å²) in [6.07, 6.45) is 3.87. The van der Waals surface area contributed by atoms with Gasteiger partial charge in [-0.25, -0.2) is 0 Å². The predicted molar refractivity (Wildman–Crippen MR) is 143 cm³/mol. The fraction of sp³-hybridized carbons (Fsp3) is 0.310. The summed E-state index contributed by atoms with van der Waals surface area (Å²) >= 11 is 0. The SMILES string of the molecule is O=S(=O)(O)[C@@H](C/C=C/[C@@H](O)c1ccc(O)cc1)CCc1ccc(O[C@@H](CCCO)c2ccccc2)cc1. The minimum Gasteiger partial charge on any atom is -0.508 e. The molecule has 0 aliphatic rings. The van der Waals surface area contributed by atoms with E-state index in [4.69, 9.17) is 4.74 Å². The first-order chi connectivity index (χ1) is 17.8. The number of phenolic OH excluding ortho intramolecular Hbond substituents is 1. The monoisotopic (exact) mass is 526 g/mol. The standard InChI is InChI=1S/C29H34O7S/c30-21-5-10-29(24-6-2-1-3-7-24)36-26-18-11-22(12-19-26)13-20-27(37(33,34)35)8-4-9-28(32)23-14-16-25(31)17-15-23/h1-4,6-7,9,11-12,14-19,27-32H,5,8,10,13,20-21H2,(H,33,34,35)/b9-4+/t27-,28+,29-/m0/s1. The highest BCUT2D eigenvalue weighted by Gasteiger charge is 2.22. The van der Waals surface area contributed by atoms with Gasteiger partial charge in [-0.3, -0.25) is 4.55 Å². The van der Waals surface area contributed by atoms with Crippen molar-refractivity contribution in [1.29, 1.82) is 0 Å². The lowest BCUT2D eigenvalue weighted by Gasteiger charge is -2.20. The van der Waals surface area contributed by atoms with Gasteiger partial charge in [-0.05, 0) is 73.1 Å². The number of aliphatic hydroxyl groups excluding tert-OH is 2. The van der Waals surface area contributed by atoms with Crippen molar-refractivity contribution in [3.63, 3.8) is 0 Å². The minimum atomic E-state index is -4.28. The van der Waals surface area contributed by atoms with Crippen LogP contribution in [0.1, 0.15) is 54.6 Å². The molecule has 0 saturated heterocycles. The number of aliphatic hydroxyl groups is 2. The Morgan fingerprint density at radius 3 is 2.16 bits per heavy atom. The first kappa shape index (κ1) is 28.4. The number of benzene rings is 3. The first-order valence-corrected chi connectivity index (χ1v) is 13.8. The number of aromatic hydroxyl groups is 1. The predicted octanol–water partition coefficient (Wildman–Crippen LogP) is 5.15. The Kier molecular flexibility index (Phi) is 10.7. The number of aryl methyl sites for hydroxylation is 1. The maximum Gasteiger partial charge on any atom is 0.268 e. The van der Waals surface area contributed by atoms with Gasteiger partial charge < -0.3 is 20.1 Å². The average Bonchev–Trinajstić information content (AvgIpc) is 2.89. The zero-order chi connectivity index (χ0) is 26.7. The second-order valence-electron chi connectivity index (χ2n) is 8.90. The zero-order valence-electron chi connectivity index (χ0n) is 20.6. The van der Waals surface area contributed by atoms with Crippen molar-refractivity contribution in [2.45, 2.75) is 49.6 Å². The van der Waals surface area contributed by atoms with Gasteiger partial charge in [0.2, 0.25) is 0 Å². The third-order valence-electron chi connectivity index (χ3n) is 6.13. The summed E-state index contributed by atoms with van der Waals surface area (Å²) in [5.74, 6) is 0.761. The minimum absolute atomic E-state index is 0.0543. The van der Waals surface area contributed by atoms with Gasteiger partial charge in [-0.2, -0.15) is 8.42 Å². The van der Waals surface area contributed by atoms with E-state index in [2.05, 4.69) is 0 Å². The highest BCUT2D eigenvalue weighted by atomic mass is 32.2. The Hall–Kier alpha value is -3.17. The second-order valence-corrected chi connectivity index (χ2v) is 10.6. The summed E-state index contributed by atoms with van der Waals surface area (Å²) in [5, 5.41) is 27.8. The second kappa shape index (κ2) is 13.9. The van der Waals surface area contributed by atoms with E-state index in [0.717, 1.165) is 11.1 Å². The van der Waals surface area contributed by atoms with E-state index < -0.39 is 21.5 Å². The molecule has 3 aromatic rings. The third-order valence-corrected chi connectivity index (χ3v) is 7.40. The molecule has 8 heteroatoms.